The SMILES string of the molecule is Nc1ccc(N2CCN(CCOC(F)(F)F)CC2)cc1. The Hall–Kier alpha value is -1.47. The Balaban J connectivity index is 1.74. The Morgan fingerprint density at radius 2 is 1.65 bits per heavy atom. The molecule has 0 amide bonds. The summed E-state index contributed by atoms with van der Waals surface area (Å²) in [7, 11) is 0. The lowest BCUT2D eigenvalue weighted by Gasteiger charge is -2.36. The van der Waals surface area contributed by atoms with E-state index in [1.807, 2.05) is 29.2 Å². The van der Waals surface area contributed by atoms with E-state index in [2.05, 4.69) is 9.64 Å². The Morgan fingerprint density at radius 3 is 2.20 bits per heavy atom. The first-order chi connectivity index (χ1) is 9.44. The van der Waals surface area contributed by atoms with Gasteiger partial charge in [-0.25, -0.2) is 0 Å². The van der Waals surface area contributed by atoms with Crippen molar-refractivity contribution in [2.24, 2.45) is 0 Å². The molecule has 0 aliphatic carbocycles. The molecular weight excluding hydrogens is 271 g/mol. The normalized spacial score (nSPS) is 17.4. The molecule has 0 saturated carbocycles. The highest BCUT2D eigenvalue weighted by atomic mass is 19.4. The van der Waals surface area contributed by atoms with E-state index in [0.717, 1.165) is 37.6 Å². The number of anilines is 2. The van der Waals surface area contributed by atoms with Gasteiger partial charge in [-0.15, -0.1) is 13.2 Å². The standard InChI is InChI=1S/C13H18F3N3O/c14-13(15,16)20-10-9-18-5-7-19(8-6-18)12-3-1-11(17)2-4-12/h1-4H,5-10,17H2. The highest BCUT2D eigenvalue weighted by Gasteiger charge is 2.29. The van der Waals surface area contributed by atoms with Crippen LogP contribution in [0.1, 0.15) is 0 Å². The number of nitrogens with two attached hydrogens (primary N) is 1. The van der Waals surface area contributed by atoms with Gasteiger partial charge < -0.3 is 10.6 Å². The molecule has 0 bridgehead atoms. The van der Waals surface area contributed by atoms with Crippen molar-refractivity contribution >= 4 is 11.4 Å². The van der Waals surface area contributed by atoms with Crippen LogP contribution in [-0.2, 0) is 4.74 Å². The summed E-state index contributed by atoms with van der Waals surface area (Å²) in [5.74, 6) is 0. The number of hydrogen-bond donors (Lipinski definition) is 1. The van der Waals surface area contributed by atoms with E-state index in [9.17, 15) is 13.2 Å². The van der Waals surface area contributed by atoms with Crippen molar-refractivity contribution in [3.05, 3.63) is 24.3 Å². The van der Waals surface area contributed by atoms with Crippen molar-refractivity contribution in [1.82, 2.24) is 4.90 Å². The van der Waals surface area contributed by atoms with E-state index in [0.29, 0.717) is 6.54 Å². The predicted molar refractivity (Wildman–Crippen MR) is 71.5 cm³/mol. The molecule has 1 fully saturated rings. The summed E-state index contributed by atoms with van der Waals surface area (Å²) < 4.78 is 39.4. The van der Waals surface area contributed by atoms with Crippen molar-refractivity contribution in [3.8, 4) is 0 Å². The van der Waals surface area contributed by atoms with Crippen molar-refractivity contribution in [1.29, 1.82) is 0 Å². The minimum Gasteiger partial charge on any atom is -0.399 e. The van der Waals surface area contributed by atoms with Crippen molar-refractivity contribution in [3.63, 3.8) is 0 Å². The third-order valence-electron chi connectivity index (χ3n) is 3.30. The molecule has 0 spiro atoms. The van der Waals surface area contributed by atoms with Crippen LogP contribution in [0.4, 0.5) is 24.5 Å². The zero-order valence-corrected chi connectivity index (χ0v) is 11.1. The lowest BCUT2D eigenvalue weighted by molar-refractivity contribution is -0.325. The Labute approximate surface area is 115 Å². The topological polar surface area (TPSA) is 41.7 Å². The van der Waals surface area contributed by atoms with Gasteiger partial charge in [0.15, 0.2) is 0 Å². The number of piperazine rings is 1. The van der Waals surface area contributed by atoms with Crippen molar-refractivity contribution < 1.29 is 17.9 Å². The van der Waals surface area contributed by atoms with Gasteiger partial charge in [-0.05, 0) is 24.3 Å². The van der Waals surface area contributed by atoms with Gasteiger partial charge in [-0.3, -0.25) is 9.64 Å². The number of alkyl halides is 3. The summed E-state index contributed by atoms with van der Waals surface area (Å²) in [5, 5.41) is 0. The third kappa shape index (κ3) is 4.57. The van der Waals surface area contributed by atoms with E-state index in [1.165, 1.54) is 0 Å². The summed E-state index contributed by atoms with van der Waals surface area (Å²) in [5.41, 5.74) is 7.44. The van der Waals surface area contributed by atoms with Gasteiger partial charge in [0.05, 0.1) is 6.61 Å². The van der Waals surface area contributed by atoms with E-state index in [4.69, 9.17) is 5.73 Å². The molecule has 1 aromatic carbocycles. The predicted octanol–water partition coefficient (Wildman–Crippen LogP) is 1.93. The largest absolute Gasteiger partial charge is 0.522 e. The molecule has 2 N–H and O–H groups in total. The number of halogens is 3. The first-order valence-corrected chi connectivity index (χ1v) is 6.47. The second-order valence-corrected chi connectivity index (χ2v) is 4.71. The Kier molecular flexibility index (Phi) is 4.72. The van der Waals surface area contributed by atoms with Crippen LogP contribution >= 0.6 is 0 Å². The zero-order chi connectivity index (χ0) is 14.6. The maximum Gasteiger partial charge on any atom is 0.522 e. The second kappa shape index (κ2) is 6.32. The maximum absolute atomic E-state index is 11.9. The molecule has 20 heavy (non-hydrogen) atoms. The van der Waals surface area contributed by atoms with Crippen LogP contribution < -0.4 is 10.6 Å². The quantitative estimate of drug-likeness (QED) is 0.860. The first-order valence-electron chi connectivity index (χ1n) is 6.47. The van der Waals surface area contributed by atoms with Gasteiger partial charge in [-0.2, -0.15) is 0 Å². The van der Waals surface area contributed by atoms with Gasteiger partial charge >= 0.3 is 6.36 Å². The molecule has 0 unspecified atom stereocenters. The maximum atomic E-state index is 11.9. The molecule has 1 aromatic rings. The summed E-state index contributed by atoms with van der Waals surface area (Å²) in [4.78, 5) is 4.17. The number of hydrogen-bond acceptors (Lipinski definition) is 4. The highest BCUT2D eigenvalue weighted by molar-refractivity contribution is 5.53. The second-order valence-electron chi connectivity index (χ2n) is 4.71. The zero-order valence-electron chi connectivity index (χ0n) is 11.1. The van der Waals surface area contributed by atoms with Crippen LogP contribution in [0.5, 0.6) is 0 Å². The molecule has 0 aromatic heterocycles. The van der Waals surface area contributed by atoms with Gasteiger partial charge in [0.25, 0.3) is 0 Å². The molecule has 1 saturated heterocycles. The summed E-state index contributed by atoms with van der Waals surface area (Å²) in [6.07, 6.45) is -4.54. The molecule has 4 nitrogen and oxygen atoms in total. The summed E-state index contributed by atoms with van der Waals surface area (Å²) >= 11 is 0. The van der Waals surface area contributed by atoms with Crippen LogP contribution in [-0.4, -0.2) is 50.6 Å². The first kappa shape index (κ1) is 14.9. The lowest BCUT2D eigenvalue weighted by Crippen LogP contribution is -2.47. The molecule has 1 aliphatic heterocycles. The monoisotopic (exact) mass is 289 g/mol. The third-order valence-corrected chi connectivity index (χ3v) is 3.30. The van der Waals surface area contributed by atoms with Gasteiger partial charge in [0.2, 0.25) is 0 Å². The van der Waals surface area contributed by atoms with Crippen LogP contribution in [0, 0.1) is 0 Å². The number of benzene rings is 1. The van der Waals surface area contributed by atoms with E-state index in [-0.39, 0.29) is 6.61 Å². The minimum absolute atomic E-state index is 0.301. The average molecular weight is 289 g/mol. The molecule has 7 heteroatoms. The number of ether oxygens (including phenoxy) is 1. The minimum atomic E-state index is -4.54. The van der Waals surface area contributed by atoms with Gasteiger partial charge in [0, 0.05) is 44.1 Å². The summed E-state index contributed by atoms with van der Waals surface area (Å²) in [6, 6.07) is 7.60. The molecule has 0 radical (unpaired) electrons. The molecular formula is C13H18F3N3O. The molecule has 112 valence electrons. The fourth-order valence-electron chi connectivity index (χ4n) is 2.21. The number of nitrogen functional groups attached to an aromatic ring is 1. The number of rotatable bonds is 4. The van der Waals surface area contributed by atoms with Crippen LogP contribution in [0.2, 0.25) is 0 Å². The molecule has 2 rings (SSSR count). The van der Waals surface area contributed by atoms with E-state index in [1.54, 1.807) is 0 Å². The van der Waals surface area contributed by atoms with Gasteiger partial charge in [-0.1, -0.05) is 0 Å². The van der Waals surface area contributed by atoms with Crippen LogP contribution in [0.3, 0.4) is 0 Å². The molecule has 1 aliphatic rings. The molecule has 1 heterocycles. The molecule has 0 atom stereocenters. The summed E-state index contributed by atoms with van der Waals surface area (Å²) in [6.45, 7) is 3.02. The van der Waals surface area contributed by atoms with Crippen LogP contribution in [0.25, 0.3) is 0 Å². The fraction of sp³-hybridized carbons (Fsp3) is 0.538. The lowest BCUT2D eigenvalue weighted by atomic mass is 10.2. The number of nitrogens with zero attached hydrogens (tertiary/aromatic N) is 2. The smallest absolute Gasteiger partial charge is 0.399 e. The fourth-order valence-corrected chi connectivity index (χ4v) is 2.21. The Bertz CT molecular complexity index is 414. The highest BCUT2D eigenvalue weighted by Crippen LogP contribution is 2.19. The Morgan fingerprint density at radius 1 is 1.05 bits per heavy atom. The van der Waals surface area contributed by atoms with E-state index < -0.39 is 6.36 Å². The van der Waals surface area contributed by atoms with Crippen molar-refractivity contribution in [2.45, 2.75) is 6.36 Å². The van der Waals surface area contributed by atoms with E-state index >= 15 is 0 Å². The average Bonchev–Trinajstić information content (AvgIpc) is 2.39. The van der Waals surface area contributed by atoms with Crippen molar-refractivity contribution in [2.75, 3.05) is 50.0 Å². The van der Waals surface area contributed by atoms with Crippen LogP contribution in [0.15, 0.2) is 24.3 Å². The van der Waals surface area contributed by atoms with Gasteiger partial charge in [0.1, 0.15) is 0 Å².